The molecule has 0 saturated carbocycles. The number of esters is 1. The zero-order valence-electron chi connectivity index (χ0n) is 14.0. The van der Waals surface area contributed by atoms with Crippen molar-refractivity contribution in [1.82, 2.24) is 0 Å². The van der Waals surface area contributed by atoms with E-state index in [1.165, 1.54) is 11.3 Å². The average Bonchev–Trinajstić information content (AvgIpc) is 2.99. The summed E-state index contributed by atoms with van der Waals surface area (Å²) >= 11 is 7.11. The van der Waals surface area contributed by atoms with Crippen LogP contribution in [0.5, 0.6) is 0 Å². The molecule has 0 unspecified atom stereocenters. The zero-order valence-corrected chi connectivity index (χ0v) is 15.6. The molecule has 1 amide bonds. The Morgan fingerprint density at radius 2 is 1.88 bits per heavy atom. The van der Waals surface area contributed by atoms with Crippen LogP contribution in [0, 0.1) is 0 Å². The number of carbonyl (C=O) groups is 3. The summed E-state index contributed by atoms with van der Waals surface area (Å²) in [5.74, 6) is -2.11. The second-order valence-electron chi connectivity index (χ2n) is 5.35. The maximum absolute atomic E-state index is 12.4. The van der Waals surface area contributed by atoms with Gasteiger partial charge in [0, 0.05) is 28.4 Å². The third kappa shape index (κ3) is 5.31. The summed E-state index contributed by atoms with van der Waals surface area (Å²) in [6.45, 7) is 1.90. The van der Waals surface area contributed by atoms with Crippen molar-refractivity contribution in [2.45, 2.75) is 26.2 Å². The van der Waals surface area contributed by atoms with Gasteiger partial charge in [0.15, 0.2) is 0 Å². The molecule has 2 aromatic rings. The minimum Gasteiger partial charge on any atom is -0.550 e. The van der Waals surface area contributed by atoms with Crippen LogP contribution in [0.1, 0.15) is 36.5 Å². The fraction of sp³-hybridized carbons (Fsp3) is 0.278. The van der Waals surface area contributed by atoms with Gasteiger partial charge < -0.3 is 20.0 Å². The van der Waals surface area contributed by atoms with E-state index >= 15 is 0 Å². The van der Waals surface area contributed by atoms with Crippen molar-refractivity contribution in [3.8, 4) is 11.1 Å². The standard InChI is InChI=1S/C18H18ClNO5S/c1-2-25-18(24)16-13(11-6-8-12(19)9-7-11)10-26-17(16)20-14(21)4-3-5-15(22)23/h6-10H,2-5H2,1H3,(H,20,21)(H,22,23)/p-1. The van der Waals surface area contributed by atoms with Crippen LogP contribution in [0.2, 0.25) is 5.02 Å². The van der Waals surface area contributed by atoms with E-state index in [4.69, 9.17) is 16.3 Å². The lowest BCUT2D eigenvalue weighted by Gasteiger charge is -2.09. The lowest BCUT2D eigenvalue weighted by Crippen LogP contribution is -2.22. The van der Waals surface area contributed by atoms with Crippen LogP contribution in [0.3, 0.4) is 0 Å². The Balaban J connectivity index is 2.25. The van der Waals surface area contributed by atoms with E-state index in [1.807, 2.05) is 0 Å². The third-order valence-electron chi connectivity index (χ3n) is 3.46. The Morgan fingerprint density at radius 3 is 2.50 bits per heavy atom. The number of benzene rings is 1. The SMILES string of the molecule is CCOC(=O)c1c(-c2ccc(Cl)cc2)csc1NC(=O)CCCC(=O)[O-]. The topological polar surface area (TPSA) is 95.5 Å². The number of halogens is 1. The van der Waals surface area contributed by atoms with Crippen LogP contribution in [-0.2, 0) is 14.3 Å². The predicted octanol–water partition coefficient (Wildman–Crippen LogP) is 3.10. The first kappa shape index (κ1) is 19.9. The van der Waals surface area contributed by atoms with Gasteiger partial charge in [-0.2, -0.15) is 0 Å². The van der Waals surface area contributed by atoms with Crippen LogP contribution in [0.25, 0.3) is 11.1 Å². The van der Waals surface area contributed by atoms with Crippen molar-refractivity contribution in [3.05, 3.63) is 40.2 Å². The molecule has 6 nitrogen and oxygen atoms in total. The molecular formula is C18H17ClNO5S-. The number of anilines is 1. The number of aliphatic carboxylic acids is 1. The van der Waals surface area contributed by atoms with Crippen molar-refractivity contribution in [3.63, 3.8) is 0 Å². The van der Waals surface area contributed by atoms with Gasteiger partial charge in [0.2, 0.25) is 5.91 Å². The van der Waals surface area contributed by atoms with E-state index in [2.05, 4.69) is 5.32 Å². The van der Waals surface area contributed by atoms with Crippen molar-refractivity contribution < 1.29 is 24.2 Å². The van der Waals surface area contributed by atoms with Crippen molar-refractivity contribution in [2.75, 3.05) is 11.9 Å². The first-order chi connectivity index (χ1) is 12.4. The predicted molar refractivity (Wildman–Crippen MR) is 98.2 cm³/mol. The van der Waals surface area contributed by atoms with Crippen LogP contribution in [-0.4, -0.2) is 24.5 Å². The summed E-state index contributed by atoms with van der Waals surface area (Å²) in [7, 11) is 0. The Labute approximate surface area is 159 Å². The molecule has 0 aliphatic heterocycles. The van der Waals surface area contributed by atoms with E-state index in [0.29, 0.717) is 15.6 Å². The monoisotopic (exact) mass is 394 g/mol. The van der Waals surface area contributed by atoms with Gasteiger partial charge in [0.25, 0.3) is 0 Å². The Hall–Kier alpha value is -2.38. The van der Waals surface area contributed by atoms with E-state index < -0.39 is 11.9 Å². The number of carboxylic acids is 1. The fourth-order valence-corrected chi connectivity index (χ4v) is 3.38. The quantitative estimate of drug-likeness (QED) is 0.694. The number of nitrogens with one attached hydrogen (secondary N) is 1. The van der Waals surface area contributed by atoms with E-state index in [1.54, 1.807) is 36.6 Å². The second kappa shape index (κ2) is 9.35. The van der Waals surface area contributed by atoms with Gasteiger partial charge in [-0.25, -0.2) is 4.79 Å². The highest BCUT2D eigenvalue weighted by Crippen LogP contribution is 2.36. The number of carbonyl (C=O) groups excluding carboxylic acids is 3. The maximum atomic E-state index is 12.4. The lowest BCUT2D eigenvalue weighted by molar-refractivity contribution is -0.305. The third-order valence-corrected chi connectivity index (χ3v) is 4.61. The van der Waals surface area contributed by atoms with E-state index in [9.17, 15) is 19.5 Å². The summed E-state index contributed by atoms with van der Waals surface area (Å²) in [5, 5.41) is 15.8. The summed E-state index contributed by atoms with van der Waals surface area (Å²) in [6.07, 6.45) is -0.0125. The molecule has 0 spiro atoms. The van der Waals surface area contributed by atoms with Gasteiger partial charge in [-0.05, 0) is 37.5 Å². The zero-order chi connectivity index (χ0) is 19.1. The van der Waals surface area contributed by atoms with Crippen LogP contribution in [0.15, 0.2) is 29.6 Å². The molecule has 1 aromatic heterocycles. The lowest BCUT2D eigenvalue weighted by atomic mass is 10.0. The summed E-state index contributed by atoms with van der Waals surface area (Å²) < 4.78 is 5.11. The average molecular weight is 395 g/mol. The molecule has 138 valence electrons. The molecular weight excluding hydrogens is 378 g/mol. The molecule has 1 aromatic carbocycles. The van der Waals surface area contributed by atoms with Gasteiger partial charge in [0.05, 0.1) is 6.61 Å². The van der Waals surface area contributed by atoms with E-state index in [0.717, 1.165) is 5.56 Å². The number of amides is 1. The second-order valence-corrected chi connectivity index (χ2v) is 6.67. The number of hydrogen-bond acceptors (Lipinski definition) is 6. The molecule has 2 rings (SSSR count). The van der Waals surface area contributed by atoms with Gasteiger partial charge in [-0.3, -0.25) is 4.79 Å². The Kier molecular flexibility index (Phi) is 7.17. The minimum atomic E-state index is -1.20. The molecule has 0 bridgehead atoms. The van der Waals surface area contributed by atoms with Gasteiger partial charge in [0.1, 0.15) is 10.6 Å². The highest BCUT2D eigenvalue weighted by atomic mass is 35.5. The molecule has 0 aliphatic rings. The number of carboxylic acid groups (broad SMARTS) is 1. The van der Waals surface area contributed by atoms with E-state index in [-0.39, 0.29) is 37.3 Å². The first-order valence-corrected chi connectivity index (χ1v) is 9.22. The number of hydrogen-bond donors (Lipinski definition) is 1. The number of thiophene rings is 1. The van der Waals surface area contributed by atoms with Gasteiger partial charge in [-0.15, -0.1) is 11.3 Å². The molecule has 1 heterocycles. The van der Waals surface area contributed by atoms with Crippen LogP contribution < -0.4 is 10.4 Å². The van der Waals surface area contributed by atoms with Crippen LogP contribution >= 0.6 is 22.9 Å². The Bertz CT molecular complexity index is 800. The molecule has 0 saturated heterocycles. The summed E-state index contributed by atoms with van der Waals surface area (Å²) in [4.78, 5) is 34.9. The summed E-state index contributed by atoms with van der Waals surface area (Å²) in [6, 6.07) is 6.97. The largest absolute Gasteiger partial charge is 0.550 e. The molecule has 0 aliphatic carbocycles. The molecule has 26 heavy (non-hydrogen) atoms. The summed E-state index contributed by atoms with van der Waals surface area (Å²) in [5.41, 5.74) is 1.67. The Morgan fingerprint density at radius 1 is 1.19 bits per heavy atom. The first-order valence-electron chi connectivity index (χ1n) is 7.96. The molecule has 0 atom stereocenters. The highest BCUT2D eigenvalue weighted by molar-refractivity contribution is 7.15. The number of ether oxygens (including phenoxy) is 1. The molecule has 8 heteroatoms. The van der Waals surface area contributed by atoms with Gasteiger partial charge in [-0.1, -0.05) is 23.7 Å². The smallest absolute Gasteiger partial charge is 0.341 e. The molecule has 0 fully saturated rings. The van der Waals surface area contributed by atoms with Gasteiger partial charge >= 0.3 is 5.97 Å². The molecule has 0 radical (unpaired) electrons. The van der Waals surface area contributed by atoms with Crippen molar-refractivity contribution >= 4 is 45.8 Å². The highest BCUT2D eigenvalue weighted by Gasteiger charge is 2.22. The molecule has 1 N–H and O–H groups in total. The normalized spacial score (nSPS) is 10.4. The fourth-order valence-electron chi connectivity index (χ4n) is 2.28. The minimum absolute atomic E-state index is 0.0183. The van der Waals surface area contributed by atoms with Crippen LogP contribution in [0.4, 0.5) is 5.00 Å². The maximum Gasteiger partial charge on any atom is 0.341 e. The van der Waals surface area contributed by atoms with Crippen molar-refractivity contribution in [2.24, 2.45) is 0 Å². The number of rotatable bonds is 8. The van der Waals surface area contributed by atoms with Crippen molar-refractivity contribution in [1.29, 1.82) is 0 Å².